The summed E-state index contributed by atoms with van der Waals surface area (Å²) < 4.78 is 37.5. The summed E-state index contributed by atoms with van der Waals surface area (Å²) in [6.45, 7) is 0.827. The number of rotatable bonds is 3. The molecule has 3 rings (SSSR count). The molecule has 0 aliphatic carbocycles. The average molecular weight is 297 g/mol. The van der Waals surface area contributed by atoms with Gasteiger partial charge in [-0.05, 0) is 37.0 Å². The van der Waals surface area contributed by atoms with Crippen molar-refractivity contribution in [1.29, 1.82) is 0 Å². The van der Waals surface area contributed by atoms with Crippen LogP contribution in [0.5, 0.6) is 0 Å². The molecule has 2 atom stereocenters. The fourth-order valence-electron chi connectivity index (χ4n) is 3.55. The largest absolute Gasteiger partial charge is 0.416 e. The fourth-order valence-corrected chi connectivity index (χ4v) is 3.55. The highest BCUT2D eigenvalue weighted by Crippen LogP contribution is 2.34. The number of hydrogen-bond acceptors (Lipinski definition) is 2. The standard InChI is InChI=1S/C16H18F3NO/c17-16(18,19)12-3-1-11(2-4-12)7-8-20-13-5-6-14(20)10-15(21)9-13/h1-4,13-14H,5-10H2. The monoisotopic (exact) mass is 297 g/mol. The molecule has 5 heteroatoms. The van der Waals surface area contributed by atoms with Crippen LogP contribution in [0.3, 0.4) is 0 Å². The number of piperidine rings is 1. The van der Waals surface area contributed by atoms with Gasteiger partial charge in [0.2, 0.25) is 0 Å². The van der Waals surface area contributed by atoms with Gasteiger partial charge in [0.1, 0.15) is 5.78 Å². The normalized spacial score (nSPS) is 26.3. The fraction of sp³-hybridized carbons (Fsp3) is 0.562. The third-order valence-electron chi connectivity index (χ3n) is 4.64. The van der Waals surface area contributed by atoms with Crippen LogP contribution < -0.4 is 0 Å². The molecule has 0 amide bonds. The third kappa shape index (κ3) is 3.12. The molecule has 0 radical (unpaired) electrons. The molecular formula is C16H18F3NO. The molecule has 2 heterocycles. The van der Waals surface area contributed by atoms with Crippen molar-refractivity contribution < 1.29 is 18.0 Å². The summed E-state index contributed by atoms with van der Waals surface area (Å²) in [4.78, 5) is 13.9. The van der Waals surface area contributed by atoms with E-state index in [9.17, 15) is 18.0 Å². The Balaban J connectivity index is 1.60. The first-order chi connectivity index (χ1) is 9.93. The highest BCUT2D eigenvalue weighted by Gasteiger charge is 2.39. The zero-order chi connectivity index (χ0) is 15.0. The van der Waals surface area contributed by atoms with Crippen LogP contribution in [0.25, 0.3) is 0 Å². The van der Waals surface area contributed by atoms with Crippen molar-refractivity contribution >= 4 is 5.78 Å². The molecular weight excluding hydrogens is 279 g/mol. The van der Waals surface area contributed by atoms with Gasteiger partial charge in [0.05, 0.1) is 5.56 Å². The predicted octanol–water partition coefficient (Wildman–Crippen LogP) is 3.44. The Labute approximate surface area is 121 Å². The van der Waals surface area contributed by atoms with Crippen molar-refractivity contribution in [3.63, 3.8) is 0 Å². The average Bonchev–Trinajstić information content (AvgIpc) is 2.66. The van der Waals surface area contributed by atoms with Gasteiger partial charge in [-0.2, -0.15) is 13.2 Å². The number of alkyl halides is 3. The minimum Gasteiger partial charge on any atom is -0.300 e. The van der Waals surface area contributed by atoms with Gasteiger partial charge >= 0.3 is 6.18 Å². The minimum atomic E-state index is -4.27. The van der Waals surface area contributed by atoms with E-state index in [0.717, 1.165) is 43.5 Å². The van der Waals surface area contributed by atoms with Gasteiger partial charge < -0.3 is 0 Å². The number of halogens is 3. The summed E-state index contributed by atoms with van der Waals surface area (Å²) in [5, 5.41) is 0. The van der Waals surface area contributed by atoms with Crippen molar-refractivity contribution in [2.45, 2.75) is 50.4 Å². The molecule has 2 nitrogen and oxygen atoms in total. The van der Waals surface area contributed by atoms with Crippen molar-refractivity contribution in [3.8, 4) is 0 Å². The summed E-state index contributed by atoms with van der Waals surface area (Å²) in [6.07, 6.45) is -0.107. The van der Waals surface area contributed by atoms with E-state index < -0.39 is 11.7 Å². The number of carbonyl (C=O) groups is 1. The van der Waals surface area contributed by atoms with Crippen LogP contribution in [0.15, 0.2) is 24.3 Å². The van der Waals surface area contributed by atoms with Crippen molar-refractivity contribution in [2.75, 3.05) is 6.54 Å². The molecule has 2 fully saturated rings. The second kappa shape index (κ2) is 5.44. The van der Waals surface area contributed by atoms with Crippen LogP contribution in [0.2, 0.25) is 0 Å². The Morgan fingerprint density at radius 1 is 1.05 bits per heavy atom. The van der Waals surface area contributed by atoms with E-state index in [1.165, 1.54) is 0 Å². The Hall–Kier alpha value is -1.36. The smallest absolute Gasteiger partial charge is 0.300 e. The molecule has 0 aromatic heterocycles. The lowest BCUT2D eigenvalue weighted by atomic mass is 10.0. The van der Waals surface area contributed by atoms with Gasteiger partial charge in [0, 0.05) is 31.5 Å². The molecule has 2 aliphatic rings. The molecule has 114 valence electrons. The van der Waals surface area contributed by atoms with E-state index in [2.05, 4.69) is 4.90 Å². The summed E-state index contributed by atoms with van der Waals surface area (Å²) >= 11 is 0. The lowest BCUT2D eigenvalue weighted by Crippen LogP contribution is -2.44. The van der Waals surface area contributed by atoms with Gasteiger partial charge in [-0.3, -0.25) is 9.69 Å². The van der Waals surface area contributed by atoms with Gasteiger partial charge in [-0.1, -0.05) is 12.1 Å². The first-order valence-electron chi connectivity index (χ1n) is 7.37. The summed E-state index contributed by atoms with van der Waals surface area (Å²) in [5.41, 5.74) is 0.314. The van der Waals surface area contributed by atoms with E-state index in [1.54, 1.807) is 12.1 Å². The number of hydrogen-bond donors (Lipinski definition) is 0. The van der Waals surface area contributed by atoms with E-state index >= 15 is 0 Å². The lowest BCUT2D eigenvalue weighted by molar-refractivity contribution is -0.137. The minimum absolute atomic E-state index is 0.352. The van der Waals surface area contributed by atoms with Crippen LogP contribution in [-0.2, 0) is 17.4 Å². The van der Waals surface area contributed by atoms with E-state index in [4.69, 9.17) is 0 Å². The second-order valence-corrected chi connectivity index (χ2v) is 6.01. The van der Waals surface area contributed by atoms with Crippen LogP contribution in [-0.4, -0.2) is 29.3 Å². The second-order valence-electron chi connectivity index (χ2n) is 6.01. The van der Waals surface area contributed by atoms with Gasteiger partial charge in [-0.15, -0.1) is 0 Å². The third-order valence-corrected chi connectivity index (χ3v) is 4.64. The topological polar surface area (TPSA) is 20.3 Å². The maximum Gasteiger partial charge on any atom is 0.416 e. The van der Waals surface area contributed by atoms with Gasteiger partial charge in [0.15, 0.2) is 0 Å². The lowest BCUT2D eigenvalue weighted by Gasteiger charge is -2.33. The van der Waals surface area contributed by atoms with Gasteiger partial charge in [0.25, 0.3) is 0 Å². The SMILES string of the molecule is O=C1CC2CCC(C1)N2CCc1ccc(C(F)(F)F)cc1. The summed E-state index contributed by atoms with van der Waals surface area (Å²) in [5.74, 6) is 0.355. The number of nitrogens with zero attached hydrogens (tertiary/aromatic N) is 1. The van der Waals surface area contributed by atoms with E-state index in [-0.39, 0.29) is 0 Å². The quantitative estimate of drug-likeness (QED) is 0.852. The van der Waals surface area contributed by atoms with Crippen molar-refractivity contribution in [3.05, 3.63) is 35.4 Å². The highest BCUT2D eigenvalue weighted by atomic mass is 19.4. The van der Waals surface area contributed by atoms with Crippen molar-refractivity contribution in [2.24, 2.45) is 0 Å². The molecule has 0 N–H and O–H groups in total. The van der Waals surface area contributed by atoms with Crippen molar-refractivity contribution in [1.82, 2.24) is 4.90 Å². The number of Topliss-reactive ketones (excluding diaryl/α,β-unsaturated/α-hetero) is 1. The Bertz CT molecular complexity index is 507. The zero-order valence-corrected chi connectivity index (χ0v) is 11.7. The zero-order valence-electron chi connectivity index (χ0n) is 11.7. The number of benzene rings is 1. The van der Waals surface area contributed by atoms with Crippen LogP contribution in [0.4, 0.5) is 13.2 Å². The first-order valence-corrected chi connectivity index (χ1v) is 7.37. The number of ketones is 1. The molecule has 1 aromatic carbocycles. The molecule has 1 aromatic rings. The van der Waals surface area contributed by atoms with E-state index in [0.29, 0.717) is 30.7 Å². The van der Waals surface area contributed by atoms with Gasteiger partial charge in [-0.25, -0.2) is 0 Å². The molecule has 21 heavy (non-hydrogen) atoms. The Kier molecular flexibility index (Phi) is 3.78. The highest BCUT2D eigenvalue weighted by molar-refractivity contribution is 5.80. The maximum absolute atomic E-state index is 12.5. The number of fused-ring (bicyclic) bond motifs is 2. The molecule has 2 saturated heterocycles. The molecule has 2 aliphatic heterocycles. The van der Waals surface area contributed by atoms with Crippen LogP contribution in [0, 0.1) is 0 Å². The molecule has 0 saturated carbocycles. The molecule has 0 spiro atoms. The summed E-state index contributed by atoms with van der Waals surface area (Å²) in [7, 11) is 0. The first kappa shape index (κ1) is 14.6. The van der Waals surface area contributed by atoms with Crippen LogP contribution in [0.1, 0.15) is 36.8 Å². The van der Waals surface area contributed by atoms with Crippen LogP contribution >= 0.6 is 0 Å². The summed E-state index contributed by atoms with van der Waals surface area (Å²) in [6, 6.07) is 6.10. The Morgan fingerprint density at radius 2 is 1.62 bits per heavy atom. The Morgan fingerprint density at radius 3 is 2.14 bits per heavy atom. The maximum atomic E-state index is 12.5. The van der Waals surface area contributed by atoms with E-state index in [1.807, 2.05) is 0 Å². The number of carbonyl (C=O) groups excluding carboxylic acids is 1. The molecule has 2 unspecified atom stereocenters. The molecule has 2 bridgehead atoms. The predicted molar refractivity (Wildman–Crippen MR) is 72.9 cm³/mol.